The van der Waals surface area contributed by atoms with Gasteiger partial charge >= 0.3 is 0 Å². The van der Waals surface area contributed by atoms with Gasteiger partial charge in [0, 0.05) is 12.6 Å². The molecule has 0 unspecified atom stereocenters. The van der Waals surface area contributed by atoms with Gasteiger partial charge in [0.25, 0.3) is 0 Å². The molecule has 2 aliphatic rings. The van der Waals surface area contributed by atoms with E-state index in [-0.39, 0.29) is 0 Å². The molecule has 1 aliphatic heterocycles. The maximum atomic E-state index is 2.72. The van der Waals surface area contributed by atoms with E-state index in [1.807, 2.05) is 0 Å². The number of nitrogens with zero attached hydrogens (tertiary/aromatic N) is 1. The summed E-state index contributed by atoms with van der Waals surface area (Å²) in [7, 11) is 0. The van der Waals surface area contributed by atoms with Crippen LogP contribution in [0.5, 0.6) is 0 Å². The van der Waals surface area contributed by atoms with E-state index in [0.717, 1.165) is 12.5 Å². The van der Waals surface area contributed by atoms with Gasteiger partial charge < -0.3 is 0 Å². The van der Waals surface area contributed by atoms with E-state index >= 15 is 0 Å². The Morgan fingerprint density at radius 2 is 1.77 bits per heavy atom. The molecule has 2 aromatic rings. The van der Waals surface area contributed by atoms with Gasteiger partial charge in [-0.2, -0.15) is 0 Å². The Kier molecular flexibility index (Phi) is 3.34. The SMILES string of the molecule is C[C@@H]1[C@@H]2Cc3ccccc3[C@]1(C)CCN2Cc1ccccc1. The van der Waals surface area contributed by atoms with Crippen molar-refractivity contribution in [3.8, 4) is 0 Å². The van der Waals surface area contributed by atoms with Crippen LogP contribution < -0.4 is 0 Å². The lowest BCUT2D eigenvalue weighted by Crippen LogP contribution is -2.57. The molecule has 0 N–H and O–H groups in total. The quantitative estimate of drug-likeness (QED) is 0.792. The van der Waals surface area contributed by atoms with Gasteiger partial charge in [0.2, 0.25) is 0 Å². The molecule has 1 heterocycles. The number of piperidine rings is 1. The van der Waals surface area contributed by atoms with Crippen LogP contribution in [0.4, 0.5) is 0 Å². The predicted octanol–water partition coefficient (Wildman–Crippen LogP) is 4.41. The van der Waals surface area contributed by atoms with Crippen LogP contribution in [-0.4, -0.2) is 17.5 Å². The van der Waals surface area contributed by atoms with Crippen LogP contribution in [0, 0.1) is 5.92 Å². The molecule has 1 saturated heterocycles. The Balaban J connectivity index is 1.66. The first-order valence-corrected chi connectivity index (χ1v) is 8.55. The molecular weight excluding hydrogens is 266 g/mol. The van der Waals surface area contributed by atoms with Crippen molar-refractivity contribution in [2.24, 2.45) is 5.92 Å². The molecule has 0 aromatic heterocycles. The molecule has 2 aromatic carbocycles. The number of hydrogen-bond acceptors (Lipinski definition) is 1. The zero-order valence-corrected chi connectivity index (χ0v) is 13.6. The number of benzene rings is 2. The molecule has 2 bridgehead atoms. The summed E-state index contributed by atoms with van der Waals surface area (Å²) in [6.45, 7) is 7.27. The predicted molar refractivity (Wildman–Crippen MR) is 91.9 cm³/mol. The average Bonchev–Trinajstić information content (AvgIpc) is 2.55. The third-order valence-corrected chi connectivity index (χ3v) is 6.26. The Hall–Kier alpha value is -1.60. The normalized spacial score (nSPS) is 30.8. The maximum Gasteiger partial charge on any atom is 0.0236 e. The van der Waals surface area contributed by atoms with E-state index in [9.17, 15) is 0 Å². The minimum Gasteiger partial charge on any atom is -0.295 e. The number of fused-ring (bicyclic) bond motifs is 4. The fourth-order valence-electron chi connectivity index (χ4n) is 4.69. The summed E-state index contributed by atoms with van der Waals surface area (Å²) < 4.78 is 0. The van der Waals surface area contributed by atoms with Crippen LogP contribution >= 0.6 is 0 Å². The number of hydrogen-bond donors (Lipinski definition) is 0. The molecule has 3 atom stereocenters. The van der Waals surface area contributed by atoms with Gasteiger partial charge in [0.1, 0.15) is 0 Å². The van der Waals surface area contributed by atoms with Crippen LogP contribution in [-0.2, 0) is 18.4 Å². The van der Waals surface area contributed by atoms with Gasteiger partial charge in [-0.3, -0.25) is 4.90 Å². The van der Waals surface area contributed by atoms with Crippen LogP contribution in [0.25, 0.3) is 0 Å². The highest BCUT2D eigenvalue weighted by molar-refractivity contribution is 5.39. The van der Waals surface area contributed by atoms with Crippen molar-refractivity contribution in [3.63, 3.8) is 0 Å². The average molecular weight is 291 g/mol. The standard InChI is InChI=1S/C21H25N/c1-16-20-14-18-10-6-7-11-19(18)21(16,2)12-13-22(20)15-17-8-4-3-5-9-17/h3-11,16,20H,12-15H2,1-2H3/t16-,20+,21-/m1/s1. The summed E-state index contributed by atoms with van der Waals surface area (Å²) in [5, 5.41) is 0. The fraction of sp³-hybridized carbons (Fsp3) is 0.429. The molecule has 4 rings (SSSR count). The topological polar surface area (TPSA) is 3.24 Å². The second-order valence-corrected chi connectivity index (χ2v) is 7.34. The summed E-state index contributed by atoms with van der Waals surface area (Å²) in [5.74, 6) is 0.722. The third-order valence-electron chi connectivity index (χ3n) is 6.26. The van der Waals surface area contributed by atoms with Gasteiger partial charge in [0.05, 0.1) is 0 Å². The zero-order chi connectivity index (χ0) is 15.2. The lowest BCUT2D eigenvalue weighted by molar-refractivity contribution is 0.0259. The van der Waals surface area contributed by atoms with Crippen molar-refractivity contribution in [1.29, 1.82) is 0 Å². The smallest absolute Gasteiger partial charge is 0.0236 e. The summed E-state index contributed by atoms with van der Waals surface area (Å²) in [5.41, 5.74) is 4.98. The first-order chi connectivity index (χ1) is 10.7. The van der Waals surface area contributed by atoms with Crippen molar-refractivity contribution in [2.45, 2.75) is 44.7 Å². The van der Waals surface area contributed by atoms with E-state index in [4.69, 9.17) is 0 Å². The molecule has 22 heavy (non-hydrogen) atoms. The van der Waals surface area contributed by atoms with Crippen molar-refractivity contribution in [1.82, 2.24) is 4.90 Å². The largest absolute Gasteiger partial charge is 0.295 e. The van der Waals surface area contributed by atoms with E-state index in [1.165, 1.54) is 24.9 Å². The monoisotopic (exact) mass is 291 g/mol. The van der Waals surface area contributed by atoms with E-state index in [1.54, 1.807) is 11.1 Å². The van der Waals surface area contributed by atoms with Gasteiger partial charge in [0.15, 0.2) is 0 Å². The molecule has 114 valence electrons. The van der Waals surface area contributed by atoms with Crippen molar-refractivity contribution in [2.75, 3.05) is 6.54 Å². The van der Waals surface area contributed by atoms with Gasteiger partial charge in [-0.15, -0.1) is 0 Å². The van der Waals surface area contributed by atoms with E-state index in [2.05, 4.69) is 73.3 Å². The Labute approximate surface area is 134 Å². The second-order valence-electron chi connectivity index (χ2n) is 7.34. The summed E-state index contributed by atoms with van der Waals surface area (Å²) in [6, 6.07) is 20.7. The molecular formula is C21H25N. The molecule has 1 fully saturated rings. The van der Waals surface area contributed by atoms with Gasteiger partial charge in [-0.1, -0.05) is 68.4 Å². The van der Waals surface area contributed by atoms with Crippen LogP contribution in [0.15, 0.2) is 54.6 Å². The molecule has 0 amide bonds. The van der Waals surface area contributed by atoms with Crippen LogP contribution in [0.1, 0.15) is 37.0 Å². The Morgan fingerprint density at radius 3 is 2.59 bits per heavy atom. The van der Waals surface area contributed by atoms with Crippen molar-refractivity contribution >= 4 is 0 Å². The minimum atomic E-state index is 0.354. The van der Waals surface area contributed by atoms with Crippen LogP contribution in [0.3, 0.4) is 0 Å². The highest BCUT2D eigenvalue weighted by Gasteiger charge is 2.47. The highest BCUT2D eigenvalue weighted by atomic mass is 15.2. The minimum absolute atomic E-state index is 0.354. The molecule has 1 nitrogen and oxygen atoms in total. The molecule has 1 aliphatic carbocycles. The maximum absolute atomic E-state index is 2.72. The fourth-order valence-corrected chi connectivity index (χ4v) is 4.69. The van der Waals surface area contributed by atoms with Crippen molar-refractivity contribution in [3.05, 3.63) is 71.3 Å². The molecule has 0 radical (unpaired) electrons. The Morgan fingerprint density at radius 1 is 1.05 bits per heavy atom. The lowest BCUT2D eigenvalue weighted by Gasteiger charge is -2.54. The molecule has 0 spiro atoms. The number of likely N-dealkylation sites (tertiary alicyclic amines) is 1. The highest BCUT2D eigenvalue weighted by Crippen LogP contribution is 2.48. The molecule has 0 saturated carbocycles. The first-order valence-electron chi connectivity index (χ1n) is 8.55. The summed E-state index contributed by atoms with van der Waals surface area (Å²) >= 11 is 0. The Bertz CT molecular complexity index is 663. The lowest BCUT2D eigenvalue weighted by atomic mass is 9.59. The van der Waals surface area contributed by atoms with E-state index in [0.29, 0.717) is 11.5 Å². The van der Waals surface area contributed by atoms with E-state index < -0.39 is 0 Å². The molecule has 1 heteroatoms. The second kappa shape index (κ2) is 5.24. The summed E-state index contributed by atoms with van der Waals surface area (Å²) in [4.78, 5) is 2.72. The first kappa shape index (κ1) is 14.0. The van der Waals surface area contributed by atoms with Gasteiger partial charge in [-0.05, 0) is 47.4 Å². The zero-order valence-electron chi connectivity index (χ0n) is 13.6. The van der Waals surface area contributed by atoms with Gasteiger partial charge in [-0.25, -0.2) is 0 Å². The third kappa shape index (κ3) is 2.11. The number of rotatable bonds is 2. The summed E-state index contributed by atoms with van der Waals surface area (Å²) in [6.07, 6.45) is 2.48. The van der Waals surface area contributed by atoms with Crippen molar-refractivity contribution < 1.29 is 0 Å². The van der Waals surface area contributed by atoms with Crippen LogP contribution in [0.2, 0.25) is 0 Å².